The number of hydrogen-bond donors (Lipinski definition) is 0. The SMILES string of the molecule is CCC=CCC=CCC(C=CCCCCCCC(=O)OCC(COC(=O)CCCCCCCC=CCCCCCCCC)OC(=O)CCCCCCCC=CCC=CCCCCC)C1CC(=O)OC1=O. The summed E-state index contributed by atoms with van der Waals surface area (Å²) in [5.74, 6) is -2.49. The first-order chi connectivity index (χ1) is 34.3. The Morgan fingerprint density at radius 2 is 0.886 bits per heavy atom. The van der Waals surface area contributed by atoms with Crippen LogP contribution in [-0.2, 0) is 42.9 Å². The molecule has 0 radical (unpaired) electrons. The summed E-state index contributed by atoms with van der Waals surface area (Å²) in [6, 6.07) is 0. The van der Waals surface area contributed by atoms with Gasteiger partial charge in [0.15, 0.2) is 6.10 Å². The molecule has 0 aliphatic carbocycles. The van der Waals surface area contributed by atoms with Crippen molar-refractivity contribution in [1.82, 2.24) is 0 Å². The summed E-state index contributed by atoms with van der Waals surface area (Å²) in [4.78, 5) is 62.4. The van der Waals surface area contributed by atoms with E-state index in [1.54, 1.807) is 0 Å². The number of hydrogen-bond acceptors (Lipinski definition) is 9. The molecule has 0 spiro atoms. The van der Waals surface area contributed by atoms with Gasteiger partial charge in [-0.1, -0.05) is 190 Å². The van der Waals surface area contributed by atoms with Crippen molar-refractivity contribution >= 4 is 29.8 Å². The van der Waals surface area contributed by atoms with Crippen molar-refractivity contribution < 1.29 is 42.9 Å². The molecule has 1 heterocycles. The van der Waals surface area contributed by atoms with Crippen molar-refractivity contribution in [3.05, 3.63) is 72.9 Å². The fraction of sp³-hybridized carbons (Fsp3) is 0.721. The number of carbonyl (C=O) groups is 5. The number of carbonyl (C=O) groups excluding carboxylic acids is 5. The van der Waals surface area contributed by atoms with Gasteiger partial charge in [-0.2, -0.15) is 0 Å². The fourth-order valence-corrected chi connectivity index (χ4v) is 8.34. The Labute approximate surface area is 427 Å². The van der Waals surface area contributed by atoms with E-state index in [0.29, 0.717) is 19.3 Å². The zero-order valence-corrected chi connectivity index (χ0v) is 44.7. The minimum absolute atomic E-state index is 0.0887. The quantitative estimate of drug-likeness (QED) is 0.0193. The minimum Gasteiger partial charge on any atom is -0.462 e. The maximum absolute atomic E-state index is 12.9. The van der Waals surface area contributed by atoms with Crippen LogP contribution in [-0.4, -0.2) is 49.2 Å². The molecule has 0 aromatic rings. The monoisotopic (exact) mass is 977 g/mol. The fourth-order valence-electron chi connectivity index (χ4n) is 8.34. The van der Waals surface area contributed by atoms with Crippen LogP contribution in [0.4, 0.5) is 0 Å². The van der Waals surface area contributed by atoms with Crippen molar-refractivity contribution in [1.29, 1.82) is 0 Å². The van der Waals surface area contributed by atoms with Crippen LogP contribution < -0.4 is 0 Å². The van der Waals surface area contributed by atoms with E-state index in [2.05, 4.69) is 87.6 Å². The molecule has 1 aliphatic heterocycles. The van der Waals surface area contributed by atoms with Crippen LogP contribution in [0.15, 0.2) is 72.9 Å². The highest BCUT2D eigenvalue weighted by atomic mass is 16.6. The molecule has 1 aliphatic rings. The Hall–Kier alpha value is -4.01. The molecule has 9 nitrogen and oxygen atoms in total. The van der Waals surface area contributed by atoms with Gasteiger partial charge in [0.2, 0.25) is 0 Å². The van der Waals surface area contributed by atoms with E-state index < -0.39 is 24.0 Å². The van der Waals surface area contributed by atoms with E-state index in [-0.39, 0.29) is 56.3 Å². The van der Waals surface area contributed by atoms with Gasteiger partial charge in [0, 0.05) is 19.3 Å². The first-order valence-corrected chi connectivity index (χ1v) is 28.5. The lowest BCUT2D eigenvalue weighted by Crippen LogP contribution is -2.30. The minimum atomic E-state index is -0.847. The molecule has 0 aromatic heterocycles. The van der Waals surface area contributed by atoms with Crippen molar-refractivity contribution in [2.45, 2.75) is 258 Å². The van der Waals surface area contributed by atoms with Gasteiger partial charge in [0.05, 0.1) is 12.3 Å². The van der Waals surface area contributed by atoms with Crippen LogP contribution >= 0.6 is 0 Å². The predicted octanol–water partition coefficient (Wildman–Crippen LogP) is 16.7. The van der Waals surface area contributed by atoms with E-state index >= 15 is 0 Å². The molecule has 9 heteroatoms. The van der Waals surface area contributed by atoms with Crippen molar-refractivity contribution in [3.8, 4) is 0 Å². The third kappa shape index (κ3) is 40.7. The topological polar surface area (TPSA) is 122 Å². The molecule has 0 bridgehead atoms. The highest BCUT2D eigenvalue weighted by Crippen LogP contribution is 2.29. The van der Waals surface area contributed by atoms with E-state index in [9.17, 15) is 24.0 Å². The first kappa shape index (κ1) is 64.0. The van der Waals surface area contributed by atoms with Crippen molar-refractivity contribution in [2.24, 2.45) is 11.8 Å². The van der Waals surface area contributed by atoms with Crippen LogP contribution in [0.1, 0.15) is 252 Å². The van der Waals surface area contributed by atoms with Crippen molar-refractivity contribution in [2.75, 3.05) is 13.2 Å². The number of unbranched alkanes of at least 4 members (excludes halogenated alkanes) is 23. The summed E-state index contributed by atoms with van der Waals surface area (Å²) in [6.45, 7) is 6.30. The maximum atomic E-state index is 12.9. The van der Waals surface area contributed by atoms with Gasteiger partial charge in [-0.3, -0.25) is 24.0 Å². The summed E-state index contributed by atoms with van der Waals surface area (Å²) in [7, 11) is 0. The third-order valence-electron chi connectivity index (χ3n) is 12.7. The highest BCUT2D eigenvalue weighted by molar-refractivity contribution is 5.94. The molecule has 1 fully saturated rings. The van der Waals surface area contributed by atoms with Gasteiger partial charge < -0.3 is 18.9 Å². The Kier molecular flexibility index (Phi) is 44.4. The summed E-state index contributed by atoms with van der Waals surface area (Å²) in [5.41, 5.74) is 0. The molecule has 3 unspecified atom stereocenters. The lowest BCUT2D eigenvalue weighted by Gasteiger charge is -2.18. The highest BCUT2D eigenvalue weighted by Gasteiger charge is 2.37. The van der Waals surface area contributed by atoms with Crippen LogP contribution in [0.3, 0.4) is 0 Å². The number of rotatable bonds is 48. The molecule has 398 valence electrons. The van der Waals surface area contributed by atoms with E-state index in [1.807, 2.05) is 6.08 Å². The van der Waals surface area contributed by atoms with Crippen molar-refractivity contribution in [3.63, 3.8) is 0 Å². The van der Waals surface area contributed by atoms with Gasteiger partial charge in [-0.05, 0) is 115 Å². The first-order valence-electron chi connectivity index (χ1n) is 28.5. The molecule has 1 rings (SSSR count). The Bertz CT molecular complexity index is 1500. The van der Waals surface area contributed by atoms with Crippen LogP contribution in [0, 0.1) is 11.8 Å². The molecule has 3 atom stereocenters. The molecular weight excluding hydrogens is 877 g/mol. The number of esters is 5. The Morgan fingerprint density at radius 1 is 0.486 bits per heavy atom. The molecule has 0 aromatic carbocycles. The molecule has 0 saturated carbocycles. The normalized spacial score (nSPS) is 15.2. The smallest absolute Gasteiger partial charge is 0.317 e. The standard InChI is InChI=1S/C61H100O9/c1-4-7-10-13-16-18-20-22-24-26-28-30-32-38-43-48-57(62)67-52-55(69-59(64)50-45-40-33-31-29-27-25-23-21-19-17-14-11-8-5-2)53-68-58(63)49-44-39-35-34-37-42-47-54(46-41-36-15-12-9-6-3)56-51-60(65)70-61(56)66/h9,12,17,19,22-25,36,41-42,47,54-56H,4-8,10-11,13-16,18,20-21,26-35,37-40,43-46,48-53H2,1-3H3. The van der Waals surface area contributed by atoms with Gasteiger partial charge in [0.1, 0.15) is 13.2 Å². The molecule has 0 amide bonds. The van der Waals surface area contributed by atoms with Gasteiger partial charge in [-0.25, -0.2) is 0 Å². The number of ether oxygens (including phenoxy) is 4. The Morgan fingerprint density at radius 3 is 1.37 bits per heavy atom. The van der Waals surface area contributed by atoms with Gasteiger partial charge in [0.25, 0.3) is 0 Å². The summed E-state index contributed by atoms with van der Waals surface area (Å²) in [5, 5.41) is 0. The van der Waals surface area contributed by atoms with Gasteiger partial charge in [-0.15, -0.1) is 0 Å². The zero-order chi connectivity index (χ0) is 50.8. The second-order valence-electron chi connectivity index (χ2n) is 19.3. The average Bonchev–Trinajstić information content (AvgIpc) is 3.69. The maximum Gasteiger partial charge on any atom is 0.317 e. The summed E-state index contributed by atoms with van der Waals surface area (Å²) < 4.78 is 21.6. The van der Waals surface area contributed by atoms with E-state index in [0.717, 1.165) is 116 Å². The zero-order valence-electron chi connectivity index (χ0n) is 44.7. The number of cyclic esters (lactones) is 2. The lowest BCUT2D eigenvalue weighted by atomic mass is 9.87. The van der Waals surface area contributed by atoms with E-state index in [1.165, 1.54) is 77.0 Å². The van der Waals surface area contributed by atoms with Gasteiger partial charge >= 0.3 is 29.8 Å². The van der Waals surface area contributed by atoms with Crippen LogP contribution in [0.25, 0.3) is 0 Å². The molecule has 1 saturated heterocycles. The lowest BCUT2D eigenvalue weighted by molar-refractivity contribution is -0.167. The molecule has 0 N–H and O–H groups in total. The predicted molar refractivity (Wildman–Crippen MR) is 288 cm³/mol. The average molecular weight is 977 g/mol. The molecule has 70 heavy (non-hydrogen) atoms. The summed E-state index contributed by atoms with van der Waals surface area (Å²) in [6.07, 6.45) is 60.5. The van der Waals surface area contributed by atoms with Crippen LogP contribution in [0.2, 0.25) is 0 Å². The second-order valence-corrected chi connectivity index (χ2v) is 19.3. The third-order valence-corrected chi connectivity index (χ3v) is 12.7. The van der Waals surface area contributed by atoms with E-state index in [4.69, 9.17) is 18.9 Å². The second kappa shape index (κ2) is 48.6. The number of allylic oxidation sites excluding steroid dienone is 12. The van der Waals surface area contributed by atoms with Crippen LogP contribution in [0.5, 0.6) is 0 Å². The molecular formula is C61H100O9. The largest absolute Gasteiger partial charge is 0.462 e. The Balaban J connectivity index is 2.46. The summed E-state index contributed by atoms with van der Waals surface area (Å²) >= 11 is 0.